The van der Waals surface area contributed by atoms with E-state index in [2.05, 4.69) is 0 Å². The van der Waals surface area contributed by atoms with Crippen molar-refractivity contribution in [3.05, 3.63) is 111 Å². The first-order valence-corrected chi connectivity index (χ1v) is 31.1. The van der Waals surface area contributed by atoms with Gasteiger partial charge < -0.3 is 180 Å². The Balaban J connectivity index is 0.987. The molecule has 4 heterocycles. The summed E-state index contributed by atoms with van der Waals surface area (Å²) in [6.45, 7) is -2.92. The summed E-state index contributed by atoms with van der Waals surface area (Å²) in [5.41, 5.74) is -14.4. The molecule has 112 heavy (non-hydrogen) atoms. The van der Waals surface area contributed by atoms with E-state index in [4.69, 9.17) is 52.1 Å². The van der Waals surface area contributed by atoms with Gasteiger partial charge in [-0.05, 0) is 54.6 Å². The number of ether oxygens (including phenoxy) is 11. The summed E-state index contributed by atoms with van der Waals surface area (Å²) < 4.78 is 61.4. The van der Waals surface area contributed by atoms with Gasteiger partial charge >= 0.3 is 47.8 Å². The highest BCUT2D eigenvalue weighted by Crippen LogP contribution is 2.58. The highest BCUT2D eigenvalue weighted by atomic mass is 16.8. The van der Waals surface area contributed by atoms with Crippen LogP contribution >= 0.6 is 0 Å². The van der Waals surface area contributed by atoms with Crippen LogP contribution in [0.1, 0.15) is 82.9 Å². The minimum atomic E-state index is -2.93. The lowest BCUT2D eigenvalue weighted by molar-refractivity contribution is -0.284. The molecule has 2 fully saturated rings. The first kappa shape index (κ1) is 76.2. The molecule has 44 heteroatoms. The van der Waals surface area contributed by atoms with Crippen LogP contribution in [0, 0.1) is 0 Å². The summed E-state index contributed by atoms with van der Waals surface area (Å²) in [5, 5.41) is 271. The Bertz CT molecular complexity index is 5320. The van der Waals surface area contributed by atoms with Crippen LogP contribution < -0.4 is 4.74 Å². The molecule has 0 radical (unpaired) electrons. The van der Waals surface area contributed by atoms with Gasteiger partial charge in [0.1, 0.15) is 43.2 Å². The fraction of sp³-hybridized carbons (Fsp3) is 0.176. The summed E-state index contributed by atoms with van der Waals surface area (Å²) in [6, 6.07) is 4.26. The van der Waals surface area contributed by atoms with Gasteiger partial charge in [-0.15, -0.1) is 0 Å². The van der Waals surface area contributed by atoms with E-state index in [0.29, 0.717) is 42.5 Å². The maximum absolute atomic E-state index is 15.4. The molecule has 4 aliphatic heterocycles. The number of esters is 8. The Labute approximate surface area is 616 Å². The van der Waals surface area contributed by atoms with E-state index in [0.717, 1.165) is 0 Å². The number of benzene rings is 8. The smallest absolute Gasteiger partial charge is 0.342 e. The predicted octanol–water partition coefficient (Wildman–Crippen LogP) is 1.77. The lowest BCUT2D eigenvalue weighted by Gasteiger charge is -2.44. The van der Waals surface area contributed by atoms with Crippen molar-refractivity contribution in [2.45, 2.75) is 61.4 Å². The number of carbonyl (C=O) groups excluding carboxylic acids is 8. The Morgan fingerprint density at radius 1 is 0.348 bits per heavy atom. The standard InChI is InChI=1S/C68H50O44/c69-22-1-14(2-23(70)39(22)79)59(94)102-13-34-56(57-58(68(106-34)112-61(96)16-5-26(73)41(81)27(74)6-16)110-65(100)19-9-30(77)43(83)48(88)36(19)35-18(64(99)109-57)8-29(76)42(82)47(35)87)108-66(101)21-10-31(78)45(85)51(91)54(21)104-32-11-20-38(50(90)46(32)86)37-17(7-28(75)44(84)49(37)89)63(98)107-55-33(12-103-62(20)97)105-67(53(93)52(55)92)111-60(95)15-3-24(71)40(80)25(72)4-15/h1-11,33-34,52-53,55-58,67-93H,12-13H2/t33-,34-,52-,53-,55+,56-,57+,58+,67+,68-/m1/s1. The van der Waals surface area contributed by atoms with Crippen molar-refractivity contribution in [3.8, 4) is 166 Å². The van der Waals surface area contributed by atoms with Crippen LogP contribution in [0.4, 0.5) is 0 Å². The maximum atomic E-state index is 15.4. The Morgan fingerprint density at radius 3 is 1.16 bits per heavy atom. The molecule has 586 valence electrons. The molecular weight excluding hydrogens is 1520 g/mol. The molecule has 12 rings (SSSR count). The highest BCUT2D eigenvalue weighted by Gasteiger charge is 2.57. The maximum Gasteiger partial charge on any atom is 0.342 e. The number of aromatic hydroxyl groups is 23. The Hall–Kier alpha value is -15.4. The number of aliphatic hydroxyl groups is 2. The van der Waals surface area contributed by atoms with Gasteiger partial charge in [-0.3, -0.25) is 0 Å². The van der Waals surface area contributed by atoms with Gasteiger partial charge in [0.15, 0.2) is 128 Å². The number of aliphatic hydroxyl groups excluding tert-OH is 2. The topological polar surface area (TPSA) is 744 Å². The fourth-order valence-electron chi connectivity index (χ4n) is 11.8. The largest absolute Gasteiger partial charge is 0.504 e. The molecule has 0 saturated carbocycles. The first-order chi connectivity index (χ1) is 52.7. The van der Waals surface area contributed by atoms with E-state index >= 15 is 9.59 Å². The zero-order valence-corrected chi connectivity index (χ0v) is 55.0. The zero-order valence-electron chi connectivity index (χ0n) is 55.0. The predicted molar refractivity (Wildman–Crippen MR) is 345 cm³/mol. The number of phenolic OH excluding ortho intramolecular Hbond substituents is 23. The average molecular weight is 1570 g/mol. The molecule has 0 aromatic heterocycles. The van der Waals surface area contributed by atoms with Gasteiger partial charge in [0.2, 0.25) is 53.2 Å². The summed E-state index contributed by atoms with van der Waals surface area (Å²) in [6.07, 6.45) is -26.0. The van der Waals surface area contributed by atoms with Gasteiger partial charge in [-0.1, -0.05) is 0 Å². The molecule has 4 aliphatic rings. The van der Waals surface area contributed by atoms with Crippen LogP contribution in [0.25, 0.3) is 22.3 Å². The first-order valence-electron chi connectivity index (χ1n) is 31.1. The van der Waals surface area contributed by atoms with Crippen molar-refractivity contribution in [2.24, 2.45) is 0 Å². The fourth-order valence-corrected chi connectivity index (χ4v) is 11.8. The number of fused-ring (bicyclic) bond motifs is 8. The number of phenols is 23. The molecule has 8 aromatic carbocycles. The molecule has 25 N–H and O–H groups in total. The minimum Gasteiger partial charge on any atom is -0.504 e. The average Bonchev–Trinajstić information content (AvgIpc) is 0.921. The summed E-state index contributed by atoms with van der Waals surface area (Å²) in [4.78, 5) is 116. The molecule has 0 aliphatic carbocycles. The van der Waals surface area contributed by atoms with Crippen LogP contribution in [0.2, 0.25) is 0 Å². The van der Waals surface area contributed by atoms with Gasteiger partial charge in [-0.2, -0.15) is 0 Å². The van der Waals surface area contributed by atoms with Crippen molar-refractivity contribution >= 4 is 47.8 Å². The molecular formula is C68H50O44. The SMILES string of the molecule is O=C(OC[C@H]1O[C@H](OC(=O)c2cc(O)c(O)c(O)c2)[C@H]2OC(=O)c3cc(O)c(O)c(O)c3-c3c(cc(O)c(O)c3O)C(=O)O[C@H]2[C@@H]1OC(=O)c1cc(O)c(O)c(O)c1Oc1cc2c(c(O)c1O)-c1c(cc(O)c(O)c1O)C(=O)O[C@@H]1[C@H](O)[C@@H](O)[C@H](OC(=O)c3cc(O)c(O)c(O)c3)O[C@@H]1COC2=O)c1cc(O)c(O)c(O)c1. The van der Waals surface area contributed by atoms with Gasteiger partial charge in [0, 0.05) is 34.4 Å². The van der Waals surface area contributed by atoms with E-state index < -0.39 is 333 Å². The van der Waals surface area contributed by atoms with Crippen LogP contribution in [0.15, 0.2) is 66.7 Å². The van der Waals surface area contributed by atoms with E-state index in [1.54, 1.807) is 0 Å². The van der Waals surface area contributed by atoms with Gasteiger partial charge in [0.25, 0.3) is 0 Å². The molecule has 8 aromatic rings. The summed E-state index contributed by atoms with van der Waals surface area (Å²) >= 11 is 0. The van der Waals surface area contributed by atoms with Crippen LogP contribution in [0.5, 0.6) is 144 Å². The molecule has 0 bridgehead atoms. The van der Waals surface area contributed by atoms with Crippen molar-refractivity contribution in [1.29, 1.82) is 0 Å². The van der Waals surface area contributed by atoms with Crippen molar-refractivity contribution in [2.75, 3.05) is 13.2 Å². The molecule has 10 atom stereocenters. The second-order valence-electron chi connectivity index (χ2n) is 24.3. The van der Waals surface area contributed by atoms with E-state index in [9.17, 15) is 156 Å². The third kappa shape index (κ3) is 13.2. The molecule has 0 spiro atoms. The number of rotatable bonds is 11. The quantitative estimate of drug-likeness (QED) is 0.0498. The summed E-state index contributed by atoms with van der Waals surface area (Å²) in [5.74, 6) is -51.1. The van der Waals surface area contributed by atoms with E-state index in [-0.39, 0.29) is 24.3 Å². The second kappa shape index (κ2) is 28.4. The minimum absolute atomic E-state index is 0.138. The number of hydrogen-bond donors (Lipinski definition) is 25. The third-order valence-electron chi connectivity index (χ3n) is 17.3. The molecule has 2 saturated heterocycles. The van der Waals surface area contributed by atoms with Crippen molar-refractivity contribution in [1.82, 2.24) is 0 Å². The second-order valence-corrected chi connectivity index (χ2v) is 24.3. The van der Waals surface area contributed by atoms with Crippen molar-refractivity contribution in [3.63, 3.8) is 0 Å². The van der Waals surface area contributed by atoms with Gasteiger partial charge in [0.05, 0.1) is 38.9 Å². The highest BCUT2D eigenvalue weighted by molar-refractivity contribution is 6.10. The molecule has 0 amide bonds. The third-order valence-corrected chi connectivity index (χ3v) is 17.3. The molecule has 44 nitrogen and oxygen atoms in total. The molecule has 0 unspecified atom stereocenters. The number of carbonyl (C=O) groups is 8. The van der Waals surface area contributed by atoms with Gasteiger partial charge in [-0.25, -0.2) is 38.4 Å². The lowest BCUT2D eigenvalue weighted by Crippen LogP contribution is -2.63. The monoisotopic (exact) mass is 1570 g/mol. The number of hydrogen-bond acceptors (Lipinski definition) is 44. The Kier molecular flexibility index (Phi) is 19.3. The van der Waals surface area contributed by atoms with Crippen molar-refractivity contribution < 1.29 is 218 Å². The van der Waals surface area contributed by atoms with Crippen LogP contribution in [-0.4, -0.2) is 250 Å². The Morgan fingerprint density at radius 2 is 0.714 bits per heavy atom. The lowest BCUT2D eigenvalue weighted by atomic mass is 9.91. The van der Waals surface area contributed by atoms with E-state index in [1.165, 1.54) is 0 Å². The van der Waals surface area contributed by atoms with Crippen LogP contribution in [0.3, 0.4) is 0 Å². The summed E-state index contributed by atoms with van der Waals surface area (Å²) in [7, 11) is 0. The number of cyclic esters (lactones) is 1. The zero-order chi connectivity index (χ0) is 81.7. The van der Waals surface area contributed by atoms with Crippen LogP contribution in [-0.2, 0) is 47.4 Å². The normalized spacial score (nSPS) is 20.6. The van der Waals surface area contributed by atoms with E-state index in [1.807, 2.05) is 0 Å².